The molecule has 0 N–H and O–H groups in total. The first kappa shape index (κ1) is 10.1. The topological polar surface area (TPSA) is 80.1 Å². The minimum atomic E-state index is 0.221. The molecular weight excluding hydrogens is 184 g/mol. The van der Waals surface area contributed by atoms with Crippen molar-refractivity contribution < 1.29 is 9.47 Å². The molecule has 0 atom stereocenters. The lowest BCUT2D eigenvalue weighted by Gasteiger charge is -2.06. The molecule has 6 nitrogen and oxygen atoms in total. The molecule has 0 saturated carbocycles. The second-order valence-electron chi connectivity index (χ2n) is 2.43. The van der Waals surface area contributed by atoms with Crippen molar-refractivity contribution in [2.24, 2.45) is 5.11 Å². The van der Waals surface area contributed by atoms with Crippen LogP contribution in [0.4, 0.5) is 0 Å². The van der Waals surface area contributed by atoms with Crippen molar-refractivity contribution in [3.63, 3.8) is 0 Å². The fourth-order valence-electron chi connectivity index (χ4n) is 0.989. The third-order valence-corrected chi connectivity index (χ3v) is 1.66. The minimum absolute atomic E-state index is 0.221. The van der Waals surface area contributed by atoms with Crippen LogP contribution < -0.4 is 9.47 Å². The number of methoxy groups -OCH3 is 2. The molecule has 0 aliphatic heterocycles. The molecule has 0 amide bonds. The highest BCUT2D eigenvalue weighted by Crippen LogP contribution is 2.21. The van der Waals surface area contributed by atoms with Crippen molar-refractivity contribution in [3.05, 3.63) is 28.3 Å². The largest absolute Gasteiger partial charge is 0.495 e. The van der Waals surface area contributed by atoms with Gasteiger partial charge in [-0.1, -0.05) is 5.11 Å². The van der Waals surface area contributed by atoms with Crippen LogP contribution in [0.3, 0.4) is 0 Å². The molecule has 1 heterocycles. The van der Waals surface area contributed by atoms with E-state index in [1.165, 1.54) is 20.4 Å². The van der Waals surface area contributed by atoms with Crippen LogP contribution in [0, 0.1) is 0 Å². The maximum Gasteiger partial charge on any atom is 0.213 e. The van der Waals surface area contributed by atoms with Gasteiger partial charge in [-0.05, 0) is 5.53 Å². The molecule has 0 fully saturated rings. The van der Waals surface area contributed by atoms with Crippen molar-refractivity contribution in [1.82, 2.24) is 4.98 Å². The van der Waals surface area contributed by atoms with E-state index in [9.17, 15) is 0 Å². The lowest BCUT2D eigenvalue weighted by atomic mass is 10.2. The summed E-state index contributed by atoms with van der Waals surface area (Å²) < 4.78 is 9.97. The molecule has 74 valence electrons. The van der Waals surface area contributed by atoms with E-state index < -0.39 is 0 Å². The zero-order valence-electron chi connectivity index (χ0n) is 7.97. The fourth-order valence-corrected chi connectivity index (χ4v) is 0.989. The van der Waals surface area contributed by atoms with Gasteiger partial charge in [0.15, 0.2) is 0 Å². The number of azide groups is 1. The second kappa shape index (κ2) is 4.94. The molecule has 0 spiro atoms. The molecule has 1 rings (SSSR count). The van der Waals surface area contributed by atoms with E-state index in [0.717, 1.165) is 5.56 Å². The third-order valence-electron chi connectivity index (χ3n) is 1.66. The van der Waals surface area contributed by atoms with E-state index in [-0.39, 0.29) is 6.54 Å². The number of hydrogen-bond acceptors (Lipinski definition) is 4. The van der Waals surface area contributed by atoms with Crippen LogP contribution >= 0.6 is 0 Å². The van der Waals surface area contributed by atoms with Crippen molar-refractivity contribution >= 4 is 0 Å². The summed E-state index contributed by atoms with van der Waals surface area (Å²) in [5.41, 5.74) is 8.94. The minimum Gasteiger partial charge on any atom is -0.495 e. The molecule has 0 aliphatic rings. The zero-order valence-corrected chi connectivity index (χ0v) is 7.97. The summed E-state index contributed by atoms with van der Waals surface area (Å²) in [7, 11) is 3.05. The molecule has 0 aromatic carbocycles. The normalized spacial score (nSPS) is 9.00. The van der Waals surface area contributed by atoms with Crippen molar-refractivity contribution in [3.8, 4) is 11.6 Å². The number of hydrogen-bond donors (Lipinski definition) is 0. The Morgan fingerprint density at radius 2 is 2.29 bits per heavy atom. The van der Waals surface area contributed by atoms with Crippen LogP contribution in [0.25, 0.3) is 10.4 Å². The predicted molar refractivity (Wildman–Crippen MR) is 50.2 cm³/mol. The number of nitrogens with zero attached hydrogens (tertiary/aromatic N) is 4. The van der Waals surface area contributed by atoms with E-state index in [1.807, 2.05) is 0 Å². The second-order valence-corrected chi connectivity index (χ2v) is 2.43. The summed E-state index contributed by atoms with van der Waals surface area (Å²) in [5.74, 6) is 1.05. The first-order valence-corrected chi connectivity index (χ1v) is 3.89. The van der Waals surface area contributed by atoms with Crippen LogP contribution in [0.5, 0.6) is 11.6 Å². The van der Waals surface area contributed by atoms with Gasteiger partial charge in [-0.15, -0.1) is 0 Å². The molecule has 0 radical (unpaired) electrons. The summed E-state index contributed by atoms with van der Waals surface area (Å²) in [6.07, 6.45) is 1.53. The fraction of sp³-hybridized carbons (Fsp3) is 0.375. The Morgan fingerprint density at radius 3 is 2.86 bits per heavy atom. The summed E-state index contributed by atoms with van der Waals surface area (Å²) in [6.45, 7) is 0.221. The molecule has 0 aliphatic carbocycles. The average Bonchev–Trinajstić information content (AvgIpc) is 2.25. The standard InChI is InChI=1S/C8H10N4O2/c1-13-7-5-10-8(14-2)3-6(7)4-11-12-9/h3,5H,4H2,1-2H3. The van der Waals surface area contributed by atoms with Gasteiger partial charge in [0.05, 0.1) is 27.0 Å². The maximum atomic E-state index is 8.19. The van der Waals surface area contributed by atoms with Crippen LogP contribution in [0.15, 0.2) is 17.4 Å². The highest BCUT2D eigenvalue weighted by Gasteiger charge is 2.04. The summed E-state index contributed by atoms with van der Waals surface area (Å²) in [4.78, 5) is 6.62. The average molecular weight is 194 g/mol. The van der Waals surface area contributed by atoms with Crippen molar-refractivity contribution in [1.29, 1.82) is 0 Å². The van der Waals surface area contributed by atoms with Gasteiger partial charge in [0.1, 0.15) is 5.75 Å². The summed E-state index contributed by atoms with van der Waals surface area (Å²) in [6, 6.07) is 1.67. The smallest absolute Gasteiger partial charge is 0.213 e. The van der Waals surface area contributed by atoms with Gasteiger partial charge in [0.2, 0.25) is 5.88 Å². The van der Waals surface area contributed by atoms with E-state index in [1.54, 1.807) is 6.07 Å². The Balaban J connectivity index is 3.01. The van der Waals surface area contributed by atoms with Crippen molar-refractivity contribution in [2.75, 3.05) is 14.2 Å². The SMILES string of the molecule is COc1cc(CN=[N+]=[N-])c(OC)cn1. The lowest BCUT2D eigenvalue weighted by Crippen LogP contribution is -1.94. The van der Waals surface area contributed by atoms with Crippen molar-refractivity contribution in [2.45, 2.75) is 6.54 Å². The Kier molecular flexibility index (Phi) is 3.58. The molecule has 14 heavy (non-hydrogen) atoms. The number of ether oxygens (including phenoxy) is 2. The molecule has 1 aromatic rings. The Bertz CT molecular complexity index is 360. The predicted octanol–water partition coefficient (Wildman–Crippen LogP) is 1.91. The van der Waals surface area contributed by atoms with Gasteiger partial charge in [-0.3, -0.25) is 0 Å². The highest BCUT2D eigenvalue weighted by atomic mass is 16.5. The van der Waals surface area contributed by atoms with E-state index >= 15 is 0 Å². The Labute approximate surface area is 81.1 Å². The first-order valence-electron chi connectivity index (χ1n) is 3.89. The molecule has 1 aromatic heterocycles. The van der Waals surface area contributed by atoms with Gasteiger partial charge in [0.25, 0.3) is 0 Å². The quantitative estimate of drug-likeness (QED) is 0.417. The monoisotopic (exact) mass is 194 g/mol. The first-order chi connectivity index (χ1) is 6.81. The van der Waals surface area contributed by atoms with Gasteiger partial charge in [0, 0.05) is 16.5 Å². The maximum absolute atomic E-state index is 8.19. The van der Waals surface area contributed by atoms with Gasteiger partial charge in [-0.2, -0.15) is 0 Å². The summed E-state index contributed by atoms with van der Waals surface area (Å²) in [5, 5.41) is 3.44. The van der Waals surface area contributed by atoms with Gasteiger partial charge >= 0.3 is 0 Å². The van der Waals surface area contributed by atoms with E-state index in [0.29, 0.717) is 11.6 Å². The van der Waals surface area contributed by atoms with Crippen LogP contribution in [0.2, 0.25) is 0 Å². The molecular formula is C8H10N4O2. The summed E-state index contributed by atoms with van der Waals surface area (Å²) >= 11 is 0. The van der Waals surface area contributed by atoms with Gasteiger partial charge in [-0.25, -0.2) is 4.98 Å². The zero-order chi connectivity index (χ0) is 10.4. The number of pyridine rings is 1. The molecule has 0 unspecified atom stereocenters. The van der Waals surface area contributed by atoms with Crippen LogP contribution in [-0.4, -0.2) is 19.2 Å². The third kappa shape index (κ3) is 2.27. The Hall–Kier alpha value is -1.94. The van der Waals surface area contributed by atoms with Crippen LogP contribution in [-0.2, 0) is 6.54 Å². The molecule has 6 heteroatoms. The van der Waals surface area contributed by atoms with E-state index in [2.05, 4.69) is 15.0 Å². The lowest BCUT2D eigenvalue weighted by molar-refractivity contribution is 0.384. The van der Waals surface area contributed by atoms with Gasteiger partial charge < -0.3 is 9.47 Å². The van der Waals surface area contributed by atoms with Crippen LogP contribution in [0.1, 0.15) is 5.56 Å². The number of rotatable bonds is 4. The van der Waals surface area contributed by atoms with E-state index in [4.69, 9.17) is 15.0 Å². The molecule has 0 saturated heterocycles. The highest BCUT2D eigenvalue weighted by molar-refractivity contribution is 5.34. The number of aromatic nitrogens is 1. The molecule has 0 bridgehead atoms. The Morgan fingerprint density at radius 1 is 1.50 bits per heavy atom.